The van der Waals surface area contributed by atoms with Gasteiger partial charge in [-0.3, -0.25) is 4.79 Å². The third kappa shape index (κ3) is 3.94. The Balaban J connectivity index is 0.00000208. The average Bonchev–Trinajstić information content (AvgIpc) is 3.18. The number of nitrogens with zero attached hydrogens (tertiary/aromatic N) is 2. The van der Waals surface area contributed by atoms with Crippen LogP contribution in [0.25, 0.3) is 0 Å². The molecule has 1 aromatic carbocycles. The number of aromatic nitrogens is 2. The van der Waals surface area contributed by atoms with Crippen LogP contribution in [-0.2, 0) is 10.3 Å². The Hall–Kier alpha value is -1.92. The van der Waals surface area contributed by atoms with Crippen LogP contribution >= 0.6 is 12.4 Å². The molecule has 1 aliphatic rings. The molecule has 0 saturated heterocycles. The Labute approximate surface area is 147 Å². The summed E-state index contributed by atoms with van der Waals surface area (Å²) < 4.78 is 5.10. The number of nitrogens with two attached hydrogens (primary N) is 1. The summed E-state index contributed by atoms with van der Waals surface area (Å²) in [5.41, 5.74) is 6.59. The van der Waals surface area contributed by atoms with Crippen LogP contribution in [0, 0.1) is 6.92 Å². The van der Waals surface area contributed by atoms with E-state index in [0.29, 0.717) is 11.7 Å². The van der Waals surface area contributed by atoms with E-state index in [4.69, 9.17) is 10.3 Å². The first-order valence-corrected chi connectivity index (χ1v) is 8.01. The predicted octanol–water partition coefficient (Wildman–Crippen LogP) is 2.78. The monoisotopic (exact) mass is 350 g/mol. The average molecular weight is 351 g/mol. The zero-order chi connectivity index (χ0) is 16.3. The van der Waals surface area contributed by atoms with Crippen LogP contribution in [0.1, 0.15) is 55.4 Å². The van der Waals surface area contributed by atoms with Crippen LogP contribution in [0.15, 0.2) is 34.9 Å². The fraction of sp³-hybridized carbons (Fsp3) is 0.471. The van der Waals surface area contributed by atoms with Gasteiger partial charge in [-0.25, -0.2) is 0 Å². The van der Waals surface area contributed by atoms with Crippen LogP contribution in [0.5, 0.6) is 0 Å². The van der Waals surface area contributed by atoms with E-state index in [9.17, 15) is 4.79 Å². The van der Waals surface area contributed by atoms with Gasteiger partial charge >= 0.3 is 0 Å². The number of hydrogen-bond donors (Lipinski definition) is 2. The van der Waals surface area contributed by atoms with Gasteiger partial charge < -0.3 is 15.6 Å². The molecule has 6 nitrogen and oxygen atoms in total. The second-order valence-electron chi connectivity index (χ2n) is 6.20. The molecule has 0 radical (unpaired) electrons. The van der Waals surface area contributed by atoms with Crippen molar-refractivity contribution in [2.75, 3.05) is 0 Å². The highest BCUT2D eigenvalue weighted by atomic mass is 35.5. The van der Waals surface area contributed by atoms with Gasteiger partial charge in [0, 0.05) is 19.4 Å². The highest BCUT2D eigenvalue weighted by Crippen LogP contribution is 2.37. The molecule has 130 valence electrons. The quantitative estimate of drug-likeness (QED) is 0.864. The zero-order valence-electron chi connectivity index (χ0n) is 13.7. The standard InChI is InChI=1S/C17H22N4O2.ClH/c1-12-19-16(21-23-12)17(9-5-6-10-17)20-15(22)11-14(18)13-7-3-2-4-8-13;/h2-4,7-8,14H,5-6,9-11,18H2,1H3,(H,20,22);1H. The van der Waals surface area contributed by atoms with E-state index < -0.39 is 5.54 Å². The fourth-order valence-electron chi connectivity index (χ4n) is 3.21. The van der Waals surface area contributed by atoms with Crippen LogP contribution in [0.4, 0.5) is 0 Å². The molecule has 1 atom stereocenters. The summed E-state index contributed by atoms with van der Waals surface area (Å²) in [5.74, 6) is 1.02. The molecule has 1 aliphatic carbocycles. The Kier molecular flexibility index (Phi) is 5.96. The maximum Gasteiger partial charge on any atom is 0.223 e. The molecule has 3 rings (SSSR count). The van der Waals surface area contributed by atoms with Crippen molar-refractivity contribution in [1.82, 2.24) is 15.5 Å². The lowest BCUT2D eigenvalue weighted by Crippen LogP contribution is -2.45. The van der Waals surface area contributed by atoms with Crippen LogP contribution in [0.3, 0.4) is 0 Å². The third-order valence-electron chi connectivity index (χ3n) is 4.42. The van der Waals surface area contributed by atoms with Gasteiger partial charge in [-0.05, 0) is 18.4 Å². The topological polar surface area (TPSA) is 94.0 Å². The van der Waals surface area contributed by atoms with Gasteiger partial charge in [0.1, 0.15) is 5.54 Å². The Morgan fingerprint density at radius 1 is 1.33 bits per heavy atom. The van der Waals surface area contributed by atoms with E-state index in [1.54, 1.807) is 6.92 Å². The minimum absolute atomic E-state index is 0. The fourth-order valence-corrected chi connectivity index (χ4v) is 3.21. The number of hydrogen-bond acceptors (Lipinski definition) is 5. The highest BCUT2D eigenvalue weighted by Gasteiger charge is 2.41. The van der Waals surface area contributed by atoms with E-state index in [1.807, 2.05) is 30.3 Å². The zero-order valence-corrected chi connectivity index (χ0v) is 14.5. The van der Waals surface area contributed by atoms with Crippen LogP contribution in [-0.4, -0.2) is 16.0 Å². The van der Waals surface area contributed by atoms with Crippen molar-refractivity contribution in [2.45, 2.75) is 50.6 Å². The predicted molar refractivity (Wildman–Crippen MR) is 92.6 cm³/mol. The van der Waals surface area contributed by atoms with Crippen molar-refractivity contribution in [3.05, 3.63) is 47.6 Å². The van der Waals surface area contributed by atoms with Crippen molar-refractivity contribution in [3.8, 4) is 0 Å². The van der Waals surface area contributed by atoms with Crippen molar-refractivity contribution in [3.63, 3.8) is 0 Å². The summed E-state index contributed by atoms with van der Waals surface area (Å²) in [6.45, 7) is 1.76. The maximum absolute atomic E-state index is 12.5. The Morgan fingerprint density at radius 2 is 2.00 bits per heavy atom. The van der Waals surface area contributed by atoms with Gasteiger partial charge in [-0.15, -0.1) is 12.4 Å². The molecule has 0 aliphatic heterocycles. The molecule has 1 aromatic heterocycles. The molecular formula is C17H23ClN4O2. The number of amides is 1. The summed E-state index contributed by atoms with van der Waals surface area (Å²) in [6.07, 6.45) is 3.98. The molecule has 2 aromatic rings. The van der Waals surface area contributed by atoms with Crippen molar-refractivity contribution >= 4 is 18.3 Å². The molecule has 7 heteroatoms. The smallest absolute Gasteiger partial charge is 0.223 e. The van der Waals surface area contributed by atoms with Crippen LogP contribution in [0.2, 0.25) is 0 Å². The lowest BCUT2D eigenvalue weighted by atomic mass is 9.95. The molecule has 1 heterocycles. The summed E-state index contributed by atoms with van der Waals surface area (Å²) in [5, 5.41) is 7.15. The number of nitrogens with one attached hydrogen (secondary N) is 1. The number of aryl methyl sites for hydroxylation is 1. The highest BCUT2D eigenvalue weighted by molar-refractivity contribution is 5.85. The van der Waals surface area contributed by atoms with Crippen molar-refractivity contribution in [2.24, 2.45) is 5.73 Å². The first-order valence-electron chi connectivity index (χ1n) is 8.01. The number of benzene rings is 1. The minimum Gasteiger partial charge on any atom is -0.343 e. The first kappa shape index (κ1) is 18.4. The van der Waals surface area contributed by atoms with Crippen molar-refractivity contribution < 1.29 is 9.32 Å². The molecule has 24 heavy (non-hydrogen) atoms. The second kappa shape index (κ2) is 7.77. The Bertz CT molecular complexity index is 668. The minimum atomic E-state index is -0.509. The van der Waals surface area contributed by atoms with E-state index >= 15 is 0 Å². The summed E-state index contributed by atoms with van der Waals surface area (Å²) in [4.78, 5) is 16.8. The molecule has 1 saturated carbocycles. The number of halogens is 1. The maximum atomic E-state index is 12.5. The summed E-state index contributed by atoms with van der Waals surface area (Å²) >= 11 is 0. The Morgan fingerprint density at radius 3 is 2.58 bits per heavy atom. The van der Waals surface area contributed by atoms with Gasteiger partial charge in [0.05, 0.1) is 0 Å². The molecular weight excluding hydrogens is 328 g/mol. The molecule has 0 bridgehead atoms. The van der Waals surface area contributed by atoms with Gasteiger partial charge in [0.15, 0.2) is 5.82 Å². The largest absolute Gasteiger partial charge is 0.343 e. The molecule has 1 amide bonds. The molecule has 1 fully saturated rings. The van der Waals surface area contributed by atoms with Gasteiger partial charge in [-0.2, -0.15) is 4.98 Å². The van der Waals surface area contributed by atoms with Gasteiger partial charge in [0.25, 0.3) is 0 Å². The van der Waals surface area contributed by atoms with Gasteiger partial charge in [-0.1, -0.05) is 48.3 Å². The second-order valence-corrected chi connectivity index (χ2v) is 6.20. The number of carbonyl (C=O) groups excluding carboxylic acids is 1. The van der Waals surface area contributed by atoms with Gasteiger partial charge in [0.2, 0.25) is 11.8 Å². The van der Waals surface area contributed by atoms with Crippen LogP contribution < -0.4 is 11.1 Å². The summed E-state index contributed by atoms with van der Waals surface area (Å²) in [7, 11) is 0. The van der Waals surface area contributed by atoms with E-state index in [0.717, 1.165) is 31.2 Å². The number of rotatable bonds is 5. The lowest BCUT2D eigenvalue weighted by Gasteiger charge is -2.27. The third-order valence-corrected chi connectivity index (χ3v) is 4.42. The lowest BCUT2D eigenvalue weighted by molar-refractivity contribution is -0.123. The molecule has 1 unspecified atom stereocenters. The van der Waals surface area contributed by atoms with E-state index in [2.05, 4.69) is 15.5 Å². The summed E-state index contributed by atoms with van der Waals surface area (Å²) in [6, 6.07) is 9.34. The molecule has 3 N–H and O–H groups in total. The van der Waals surface area contributed by atoms with Crippen molar-refractivity contribution in [1.29, 1.82) is 0 Å². The molecule has 0 spiro atoms. The first-order chi connectivity index (χ1) is 11.1. The SMILES string of the molecule is Cc1nc(C2(NC(=O)CC(N)c3ccccc3)CCCC2)no1.Cl. The normalized spacial score (nSPS) is 17.1. The van der Waals surface area contributed by atoms with E-state index in [1.165, 1.54) is 0 Å². The van der Waals surface area contributed by atoms with E-state index in [-0.39, 0.29) is 30.8 Å². The number of carbonyl (C=O) groups is 1.